The topological polar surface area (TPSA) is 58.6 Å². The summed E-state index contributed by atoms with van der Waals surface area (Å²) in [5.41, 5.74) is 1.23. The van der Waals surface area contributed by atoms with E-state index in [-0.39, 0.29) is 0 Å². The molecule has 2 N–H and O–H groups in total. The molecular weight excluding hydrogens is 242 g/mol. The average Bonchev–Trinajstić information content (AvgIpc) is 2.31. The molecule has 2 unspecified atom stereocenters. The Morgan fingerprint density at radius 2 is 2.00 bits per heavy atom. The van der Waals surface area contributed by atoms with Gasteiger partial charge in [0.2, 0.25) is 0 Å². The van der Waals surface area contributed by atoms with E-state index >= 15 is 0 Å². The molecule has 0 bridgehead atoms. The fraction of sp³-hybridized carbons (Fsp3) is 0.400. The highest BCUT2D eigenvalue weighted by Crippen LogP contribution is 2.27. The summed E-state index contributed by atoms with van der Waals surface area (Å²) >= 11 is 0. The molecule has 0 saturated heterocycles. The smallest absolute Gasteiger partial charge is 0.408 e. The van der Waals surface area contributed by atoms with Crippen molar-refractivity contribution in [3.63, 3.8) is 0 Å². The maximum Gasteiger partial charge on any atom is 0.408 e. The van der Waals surface area contributed by atoms with E-state index in [4.69, 9.17) is 4.74 Å². The molecule has 2 rings (SSSR count). The minimum absolute atomic E-state index is 0.468. The van der Waals surface area contributed by atoms with E-state index in [0.717, 1.165) is 11.1 Å². The van der Waals surface area contributed by atoms with E-state index in [1.807, 2.05) is 30.3 Å². The summed E-state index contributed by atoms with van der Waals surface area (Å²) in [6.07, 6.45) is 2.38. The lowest BCUT2D eigenvalue weighted by Gasteiger charge is -2.28. The highest BCUT2D eigenvalue weighted by molar-refractivity contribution is 5.70. The van der Waals surface area contributed by atoms with Gasteiger partial charge in [0.25, 0.3) is 0 Å². The van der Waals surface area contributed by atoms with Gasteiger partial charge >= 0.3 is 6.09 Å². The van der Waals surface area contributed by atoms with E-state index in [9.17, 15) is 9.90 Å². The van der Waals surface area contributed by atoms with E-state index < -0.39 is 23.8 Å². The van der Waals surface area contributed by atoms with E-state index in [1.54, 1.807) is 26.8 Å². The van der Waals surface area contributed by atoms with Crippen molar-refractivity contribution in [3.8, 4) is 0 Å². The number of benzene rings is 1. The predicted octanol–water partition coefficient (Wildman–Crippen LogP) is 2.64. The third-order valence-corrected chi connectivity index (χ3v) is 2.82. The zero-order chi connectivity index (χ0) is 14.0. The Balaban J connectivity index is 2.07. The Morgan fingerprint density at radius 3 is 2.68 bits per heavy atom. The summed E-state index contributed by atoms with van der Waals surface area (Å²) < 4.78 is 5.18. The molecule has 0 aromatic heterocycles. The fourth-order valence-electron chi connectivity index (χ4n) is 2.01. The highest BCUT2D eigenvalue weighted by Gasteiger charge is 2.27. The van der Waals surface area contributed by atoms with Crippen LogP contribution in [0.1, 0.15) is 38.0 Å². The first-order chi connectivity index (χ1) is 8.87. The lowest BCUT2D eigenvalue weighted by atomic mass is 9.91. The van der Waals surface area contributed by atoms with Crippen LogP contribution < -0.4 is 5.32 Å². The zero-order valence-corrected chi connectivity index (χ0v) is 11.4. The zero-order valence-electron chi connectivity index (χ0n) is 11.4. The van der Waals surface area contributed by atoms with Gasteiger partial charge in [-0.1, -0.05) is 36.4 Å². The molecule has 102 valence electrons. The molecular formula is C15H19NO3. The first-order valence-corrected chi connectivity index (χ1v) is 6.31. The Labute approximate surface area is 113 Å². The van der Waals surface area contributed by atoms with Crippen molar-refractivity contribution in [1.29, 1.82) is 0 Å². The number of rotatable bonds is 1. The summed E-state index contributed by atoms with van der Waals surface area (Å²) in [5, 5.41) is 12.9. The molecule has 0 aliphatic heterocycles. The van der Waals surface area contributed by atoms with Gasteiger partial charge in [0, 0.05) is 0 Å². The van der Waals surface area contributed by atoms with Gasteiger partial charge in [-0.2, -0.15) is 0 Å². The number of nitrogens with one attached hydrogen (secondary N) is 1. The van der Waals surface area contributed by atoms with Gasteiger partial charge in [-0.05, 0) is 31.9 Å². The number of aliphatic hydroxyl groups excluding tert-OH is 1. The number of aliphatic hydroxyl groups is 1. The maximum atomic E-state index is 11.7. The molecule has 0 spiro atoms. The molecule has 0 radical (unpaired) electrons. The van der Waals surface area contributed by atoms with Crippen molar-refractivity contribution in [2.75, 3.05) is 0 Å². The third kappa shape index (κ3) is 3.35. The molecule has 1 amide bonds. The largest absolute Gasteiger partial charge is 0.444 e. The summed E-state index contributed by atoms with van der Waals surface area (Å²) in [4.78, 5) is 11.7. The van der Waals surface area contributed by atoms with Crippen molar-refractivity contribution < 1.29 is 14.6 Å². The normalized spacial score (nSPS) is 21.7. The van der Waals surface area contributed by atoms with Crippen LogP contribution in [0, 0.1) is 0 Å². The minimum atomic E-state index is -0.756. The Hall–Kier alpha value is -1.81. The van der Waals surface area contributed by atoms with Gasteiger partial charge in [0.1, 0.15) is 11.7 Å². The third-order valence-electron chi connectivity index (χ3n) is 2.82. The first-order valence-electron chi connectivity index (χ1n) is 6.31. The molecule has 1 aromatic carbocycles. The van der Waals surface area contributed by atoms with E-state index in [1.165, 1.54) is 0 Å². The van der Waals surface area contributed by atoms with Crippen LogP contribution >= 0.6 is 0 Å². The highest BCUT2D eigenvalue weighted by atomic mass is 16.6. The molecule has 0 fully saturated rings. The van der Waals surface area contributed by atoms with E-state index in [2.05, 4.69) is 5.32 Å². The molecule has 0 heterocycles. The Kier molecular flexibility index (Phi) is 3.62. The van der Waals surface area contributed by atoms with Crippen LogP contribution in [-0.2, 0) is 4.74 Å². The van der Waals surface area contributed by atoms with Crippen LogP contribution in [0.2, 0.25) is 0 Å². The number of amides is 1. The van der Waals surface area contributed by atoms with Crippen LogP contribution in [0.3, 0.4) is 0 Å². The van der Waals surface area contributed by atoms with Gasteiger partial charge in [0.15, 0.2) is 0 Å². The van der Waals surface area contributed by atoms with Gasteiger partial charge in [-0.15, -0.1) is 0 Å². The summed E-state index contributed by atoms with van der Waals surface area (Å²) in [6, 6.07) is 7.10. The number of hydrogen-bond donors (Lipinski definition) is 2. The summed E-state index contributed by atoms with van der Waals surface area (Å²) in [6.45, 7) is 5.40. The molecule has 1 aliphatic carbocycles. The second-order valence-electron chi connectivity index (χ2n) is 5.60. The van der Waals surface area contributed by atoms with Crippen LogP contribution in [0.15, 0.2) is 30.3 Å². The van der Waals surface area contributed by atoms with Crippen molar-refractivity contribution >= 4 is 12.2 Å². The van der Waals surface area contributed by atoms with Crippen molar-refractivity contribution in [2.24, 2.45) is 0 Å². The fourth-order valence-corrected chi connectivity index (χ4v) is 2.01. The molecule has 1 aliphatic rings. The Morgan fingerprint density at radius 1 is 1.32 bits per heavy atom. The predicted molar refractivity (Wildman–Crippen MR) is 73.6 cm³/mol. The molecule has 4 nitrogen and oxygen atoms in total. The standard InChI is InChI=1S/C15H19NO3/c1-15(2,3)19-14(18)16-12-9-8-10-6-4-5-7-11(10)13(12)17/h4-9,12-13,17H,1-3H3,(H,16,18). The number of carbonyl (C=O) groups is 1. The Bertz CT molecular complexity index is 502. The van der Waals surface area contributed by atoms with Crippen molar-refractivity contribution in [3.05, 3.63) is 41.5 Å². The molecule has 19 heavy (non-hydrogen) atoms. The quantitative estimate of drug-likeness (QED) is 0.817. The van der Waals surface area contributed by atoms with Crippen LogP contribution in [-0.4, -0.2) is 22.8 Å². The van der Waals surface area contributed by atoms with Crippen molar-refractivity contribution in [1.82, 2.24) is 5.32 Å². The summed E-state index contributed by atoms with van der Waals surface area (Å²) in [5.74, 6) is 0. The lowest BCUT2D eigenvalue weighted by molar-refractivity contribution is 0.0453. The molecule has 4 heteroatoms. The van der Waals surface area contributed by atoms with Crippen molar-refractivity contribution in [2.45, 2.75) is 38.5 Å². The van der Waals surface area contributed by atoms with Gasteiger partial charge in [0.05, 0.1) is 6.04 Å². The molecule has 0 saturated carbocycles. The molecule has 2 atom stereocenters. The lowest BCUT2D eigenvalue weighted by Crippen LogP contribution is -2.42. The number of fused-ring (bicyclic) bond motifs is 1. The monoisotopic (exact) mass is 261 g/mol. The number of ether oxygens (including phenoxy) is 1. The number of carbonyl (C=O) groups excluding carboxylic acids is 1. The van der Waals surface area contributed by atoms with E-state index in [0.29, 0.717) is 0 Å². The van der Waals surface area contributed by atoms with Crippen LogP contribution in [0.25, 0.3) is 6.08 Å². The number of hydrogen-bond acceptors (Lipinski definition) is 3. The minimum Gasteiger partial charge on any atom is -0.444 e. The average molecular weight is 261 g/mol. The molecule has 1 aromatic rings. The van der Waals surface area contributed by atoms with Gasteiger partial charge in [-0.3, -0.25) is 0 Å². The van der Waals surface area contributed by atoms with Crippen LogP contribution in [0.5, 0.6) is 0 Å². The second kappa shape index (κ2) is 5.05. The number of alkyl carbamates (subject to hydrolysis) is 1. The second-order valence-corrected chi connectivity index (χ2v) is 5.60. The maximum absolute atomic E-state index is 11.7. The van der Waals surface area contributed by atoms with Crippen LogP contribution in [0.4, 0.5) is 4.79 Å². The van der Waals surface area contributed by atoms with Gasteiger partial charge in [-0.25, -0.2) is 4.79 Å². The first kappa shape index (κ1) is 13.6. The summed E-state index contributed by atoms with van der Waals surface area (Å²) in [7, 11) is 0. The SMILES string of the molecule is CC(C)(C)OC(=O)NC1C=Cc2ccccc2C1O. The van der Waals surface area contributed by atoms with Gasteiger partial charge < -0.3 is 15.2 Å².